The van der Waals surface area contributed by atoms with Crippen molar-refractivity contribution < 1.29 is 33.8 Å². The van der Waals surface area contributed by atoms with Crippen LogP contribution in [0, 0.1) is 12.3 Å². The van der Waals surface area contributed by atoms with Crippen molar-refractivity contribution in [3.63, 3.8) is 0 Å². The quantitative estimate of drug-likeness (QED) is 0.466. The van der Waals surface area contributed by atoms with E-state index in [9.17, 15) is 19.8 Å². The zero-order valence-electron chi connectivity index (χ0n) is 19.1. The second-order valence-corrected chi connectivity index (χ2v) is 8.77. The standard InChI is InChI=1S/C24H26N2O7/c1-13-18(9-7-15(21(13)28)17(27)11-24(2,3)4)32-12-20-25-22(26-33-20)16-10-14(23(29)30)6-8-19(16)31-5/h6-10,28H,11-12H2,1-5H3,(H,29,30). The molecule has 9 nitrogen and oxygen atoms in total. The summed E-state index contributed by atoms with van der Waals surface area (Å²) in [6.07, 6.45) is 0.303. The van der Waals surface area contributed by atoms with Gasteiger partial charge in [-0.05, 0) is 42.7 Å². The molecule has 9 heteroatoms. The molecular formula is C24H26N2O7. The molecule has 33 heavy (non-hydrogen) atoms. The van der Waals surface area contributed by atoms with Gasteiger partial charge in [0.15, 0.2) is 12.4 Å². The Morgan fingerprint density at radius 3 is 2.45 bits per heavy atom. The van der Waals surface area contributed by atoms with Crippen molar-refractivity contribution in [2.75, 3.05) is 7.11 Å². The van der Waals surface area contributed by atoms with E-state index in [1.165, 1.54) is 31.4 Å². The van der Waals surface area contributed by atoms with Gasteiger partial charge in [-0.2, -0.15) is 4.98 Å². The molecule has 0 spiro atoms. The number of ketones is 1. The van der Waals surface area contributed by atoms with Crippen molar-refractivity contribution in [1.82, 2.24) is 10.1 Å². The molecule has 3 aromatic rings. The first kappa shape index (κ1) is 23.8. The molecule has 174 valence electrons. The van der Waals surface area contributed by atoms with Gasteiger partial charge in [0.2, 0.25) is 5.82 Å². The van der Waals surface area contributed by atoms with Crippen LogP contribution in [0.4, 0.5) is 0 Å². The number of methoxy groups -OCH3 is 1. The SMILES string of the molecule is COc1ccc(C(=O)O)cc1-c1noc(COc2ccc(C(=O)CC(C)(C)C)c(O)c2C)n1. The number of benzene rings is 2. The van der Waals surface area contributed by atoms with Crippen LogP contribution in [0.25, 0.3) is 11.4 Å². The molecule has 0 unspecified atom stereocenters. The molecule has 2 N–H and O–H groups in total. The second-order valence-electron chi connectivity index (χ2n) is 8.77. The average Bonchev–Trinajstić information content (AvgIpc) is 3.21. The Bertz CT molecular complexity index is 1190. The number of carbonyl (C=O) groups excluding carboxylic acids is 1. The highest BCUT2D eigenvalue weighted by atomic mass is 16.5. The van der Waals surface area contributed by atoms with Gasteiger partial charge in [-0.3, -0.25) is 4.79 Å². The van der Waals surface area contributed by atoms with E-state index >= 15 is 0 Å². The molecule has 0 fully saturated rings. The molecule has 1 aromatic heterocycles. The maximum Gasteiger partial charge on any atom is 0.335 e. The van der Waals surface area contributed by atoms with E-state index < -0.39 is 5.97 Å². The third-order valence-electron chi connectivity index (χ3n) is 4.88. The fraction of sp³-hybridized carbons (Fsp3) is 0.333. The van der Waals surface area contributed by atoms with Crippen molar-refractivity contribution in [2.45, 2.75) is 40.7 Å². The van der Waals surface area contributed by atoms with E-state index in [0.29, 0.717) is 29.0 Å². The first-order valence-electron chi connectivity index (χ1n) is 10.2. The van der Waals surface area contributed by atoms with Crippen LogP contribution in [0.3, 0.4) is 0 Å². The lowest BCUT2D eigenvalue weighted by atomic mass is 9.87. The molecule has 0 radical (unpaired) electrons. The number of aromatic nitrogens is 2. The summed E-state index contributed by atoms with van der Waals surface area (Å²) < 4.78 is 16.2. The number of hydrogen-bond donors (Lipinski definition) is 2. The van der Waals surface area contributed by atoms with E-state index in [4.69, 9.17) is 14.0 Å². The summed E-state index contributed by atoms with van der Waals surface area (Å²) in [5, 5.41) is 23.6. The van der Waals surface area contributed by atoms with Crippen LogP contribution < -0.4 is 9.47 Å². The Hall–Kier alpha value is -3.88. The van der Waals surface area contributed by atoms with Crippen LogP contribution in [-0.4, -0.2) is 39.2 Å². The number of hydrogen-bond acceptors (Lipinski definition) is 8. The number of rotatable bonds is 8. The molecule has 3 rings (SSSR count). The minimum Gasteiger partial charge on any atom is -0.507 e. The van der Waals surface area contributed by atoms with Crippen molar-refractivity contribution in [3.05, 3.63) is 52.9 Å². The van der Waals surface area contributed by atoms with E-state index in [0.717, 1.165) is 0 Å². The highest BCUT2D eigenvalue weighted by Gasteiger charge is 2.22. The Morgan fingerprint density at radius 2 is 1.82 bits per heavy atom. The molecule has 1 heterocycles. The van der Waals surface area contributed by atoms with Gasteiger partial charge >= 0.3 is 5.97 Å². The number of ether oxygens (including phenoxy) is 2. The minimum absolute atomic E-state index is 0.0561. The number of carbonyl (C=O) groups is 2. The molecule has 0 saturated heterocycles. The van der Waals surface area contributed by atoms with Crippen LogP contribution in [0.1, 0.15) is 59.4 Å². The van der Waals surface area contributed by atoms with Crippen LogP contribution in [0.5, 0.6) is 17.2 Å². The first-order valence-corrected chi connectivity index (χ1v) is 10.2. The van der Waals surface area contributed by atoms with Crippen molar-refractivity contribution in [2.24, 2.45) is 5.41 Å². The summed E-state index contributed by atoms with van der Waals surface area (Å²) in [5.41, 5.74) is 0.892. The number of Topliss-reactive ketones (excluding diaryl/α,β-unsaturated/α-hetero) is 1. The zero-order chi connectivity index (χ0) is 24.3. The van der Waals surface area contributed by atoms with E-state index in [1.807, 2.05) is 20.8 Å². The smallest absolute Gasteiger partial charge is 0.335 e. The lowest BCUT2D eigenvalue weighted by Crippen LogP contribution is -2.13. The van der Waals surface area contributed by atoms with Gasteiger partial charge in [-0.25, -0.2) is 4.79 Å². The number of aromatic carboxylic acids is 1. The number of nitrogens with zero attached hydrogens (tertiary/aromatic N) is 2. The summed E-state index contributed by atoms with van der Waals surface area (Å²) in [6, 6.07) is 7.47. The Kier molecular flexibility index (Phi) is 6.71. The third kappa shape index (κ3) is 5.49. The average molecular weight is 454 g/mol. The fourth-order valence-corrected chi connectivity index (χ4v) is 3.22. The molecule has 0 aliphatic carbocycles. The lowest BCUT2D eigenvalue weighted by Gasteiger charge is -2.18. The summed E-state index contributed by atoms with van der Waals surface area (Å²) in [5.74, 6) is -0.312. The Morgan fingerprint density at radius 1 is 1.12 bits per heavy atom. The first-order chi connectivity index (χ1) is 15.5. The summed E-state index contributed by atoms with van der Waals surface area (Å²) >= 11 is 0. The second kappa shape index (κ2) is 9.32. The van der Waals surface area contributed by atoms with Gasteiger partial charge in [0.05, 0.1) is 23.8 Å². The molecule has 0 saturated carbocycles. The number of phenolic OH excluding ortho intramolecular Hbond substituents is 1. The van der Waals surface area contributed by atoms with Gasteiger partial charge in [-0.1, -0.05) is 25.9 Å². The number of aromatic hydroxyl groups is 1. The molecule has 0 atom stereocenters. The number of phenols is 1. The molecule has 0 amide bonds. The maximum absolute atomic E-state index is 12.5. The fourth-order valence-electron chi connectivity index (χ4n) is 3.22. The van der Waals surface area contributed by atoms with Crippen LogP contribution >= 0.6 is 0 Å². The number of carboxylic acids is 1. The topological polar surface area (TPSA) is 132 Å². The van der Waals surface area contributed by atoms with Crippen LogP contribution in [0.15, 0.2) is 34.9 Å². The van der Waals surface area contributed by atoms with Gasteiger partial charge in [-0.15, -0.1) is 0 Å². The Labute approximate surface area is 191 Å². The van der Waals surface area contributed by atoms with Crippen LogP contribution in [0.2, 0.25) is 0 Å². The third-order valence-corrected chi connectivity index (χ3v) is 4.88. The minimum atomic E-state index is -1.09. The highest BCUT2D eigenvalue weighted by Crippen LogP contribution is 2.34. The van der Waals surface area contributed by atoms with E-state index in [1.54, 1.807) is 13.0 Å². The van der Waals surface area contributed by atoms with E-state index in [2.05, 4.69) is 10.1 Å². The zero-order valence-corrected chi connectivity index (χ0v) is 19.1. The molecule has 0 bridgehead atoms. The summed E-state index contributed by atoms with van der Waals surface area (Å²) in [4.78, 5) is 28.0. The molecule has 0 aliphatic heterocycles. The molecular weight excluding hydrogens is 428 g/mol. The summed E-state index contributed by atoms with van der Waals surface area (Å²) in [7, 11) is 1.45. The van der Waals surface area contributed by atoms with Gasteiger partial charge in [0.25, 0.3) is 5.89 Å². The van der Waals surface area contributed by atoms with Gasteiger partial charge < -0.3 is 24.2 Å². The largest absolute Gasteiger partial charge is 0.507 e. The van der Waals surface area contributed by atoms with Crippen molar-refractivity contribution in [1.29, 1.82) is 0 Å². The maximum atomic E-state index is 12.5. The normalized spacial score (nSPS) is 11.3. The Balaban J connectivity index is 1.77. The van der Waals surface area contributed by atoms with Crippen molar-refractivity contribution >= 4 is 11.8 Å². The van der Waals surface area contributed by atoms with Crippen LogP contribution in [-0.2, 0) is 6.61 Å². The molecule has 2 aromatic carbocycles. The van der Waals surface area contributed by atoms with Crippen molar-refractivity contribution in [3.8, 4) is 28.6 Å². The molecule has 0 aliphatic rings. The van der Waals surface area contributed by atoms with E-state index in [-0.39, 0.29) is 46.4 Å². The van der Waals surface area contributed by atoms with Gasteiger partial charge in [0, 0.05) is 12.0 Å². The number of carboxylic acid groups (broad SMARTS) is 1. The predicted octanol–water partition coefficient (Wildman–Crippen LogP) is 4.66. The lowest BCUT2D eigenvalue weighted by molar-refractivity contribution is 0.0696. The monoisotopic (exact) mass is 454 g/mol. The predicted molar refractivity (Wildman–Crippen MR) is 119 cm³/mol. The van der Waals surface area contributed by atoms with Gasteiger partial charge in [0.1, 0.15) is 17.2 Å². The summed E-state index contributed by atoms with van der Waals surface area (Å²) in [6.45, 7) is 7.43. The highest BCUT2D eigenvalue weighted by molar-refractivity contribution is 5.99.